The number of nitriles is 1. The van der Waals surface area contributed by atoms with Gasteiger partial charge in [-0.05, 0) is 12.5 Å². The molecule has 5 nitrogen and oxygen atoms in total. The lowest BCUT2D eigenvalue weighted by Crippen LogP contribution is -2.09. The number of rotatable bonds is 4. The van der Waals surface area contributed by atoms with Crippen LogP contribution in [0.4, 0.5) is 0 Å². The average molecular weight is 238 g/mol. The fourth-order valence-corrected chi connectivity index (χ4v) is 2.15. The monoisotopic (exact) mass is 238 g/mol. The van der Waals surface area contributed by atoms with Crippen molar-refractivity contribution < 1.29 is 9.90 Å². The van der Waals surface area contributed by atoms with Crippen LogP contribution in [0.2, 0.25) is 0 Å². The Balaban J connectivity index is 2.91. The molecule has 1 aromatic rings. The van der Waals surface area contributed by atoms with Crippen molar-refractivity contribution in [3.63, 3.8) is 0 Å². The summed E-state index contributed by atoms with van der Waals surface area (Å²) in [6.45, 7) is 1.68. The summed E-state index contributed by atoms with van der Waals surface area (Å²) in [7, 11) is 0. The van der Waals surface area contributed by atoms with Crippen molar-refractivity contribution in [2.24, 2.45) is 0 Å². The van der Waals surface area contributed by atoms with E-state index >= 15 is 0 Å². The summed E-state index contributed by atoms with van der Waals surface area (Å²) in [5.74, 6) is -0.579. The van der Waals surface area contributed by atoms with E-state index in [1.54, 1.807) is 6.92 Å². The van der Waals surface area contributed by atoms with Gasteiger partial charge in [0.05, 0.1) is 17.0 Å². The van der Waals surface area contributed by atoms with Gasteiger partial charge in [0.15, 0.2) is 0 Å². The van der Waals surface area contributed by atoms with Crippen molar-refractivity contribution in [2.45, 2.75) is 18.4 Å². The molecule has 16 heavy (non-hydrogen) atoms. The summed E-state index contributed by atoms with van der Waals surface area (Å²) >= 11 is 1.17. The van der Waals surface area contributed by atoms with Gasteiger partial charge >= 0.3 is 5.97 Å². The molecule has 0 aromatic carbocycles. The lowest BCUT2D eigenvalue weighted by molar-refractivity contribution is -0.136. The number of thioether (sulfide) groups is 1. The van der Waals surface area contributed by atoms with Gasteiger partial charge < -0.3 is 10.1 Å². The molecular formula is C10H10N2O3S. The average Bonchev–Trinajstić information content (AvgIpc) is 2.16. The van der Waals surface area contributed by atoms with Gasteiger partial charge in [0.25, 0.3) is 0 Å². The van der Waals surface area contributed by atoms with Gasteiger partial charge in [0.1, 0.15) is 6.07 Å². The molecule has 0 atom stereocenters. The van der Waals surface area contributed by atoms with Crippen LogP contribution in [-0.2, 0) is 4.79 Å². The van der Waals surface area contributed by atoms with Crippen molar-refractivity contribution in [2.75, 3.05) is 5.75 Å². The normalized spacial score (nSPS) is 9.75. The maximum Gasteiger partial charge on any atom is 0.304 e. The number of hydrogen-bond donors (Lipinski definition) is 2. The predicted molar refractivity (Wildman–Crippen MR) is 59.5 cm³/mol. The van der Waals surface area contributed by atoms with Crippen LogP contribution in [0.25, 0.3) is 0 Å². The quantitative estimate of drug-likeness (QED) is 0.766. The second kappa shape index (κ2) is 5.37. The van der Waals surface area contributed by atoms with Gasteiger partial charge in [-0.1, -0.05) is 0 Å². The van der Waals surface area contributed by atoms with E-state index in [0.717, 1.165) is 0 Å². The Morgan fingerprint density at radius 1 is 1.69 bits per heavy atom. The van der Waals surface area contributed by atoms with Crippen molar-refractivity contribution in [1.82, 2.24) is 4.98 Å². The third-order valence-corrected chi connectivity index (χ3v) is 2.88. The third-order valence-electron chi connectivity index (χ3n) is 1.88. The molecule has 2 N–H and O–H groups in total. The Labute approximate surface area is 96.1 Å². The number of pyridine rings is 1. The Bertz CT molecular complexity index is 502. The molecule has 0 spiro atoms. The van der Waals surface area contributed by atoms with E-state index in [0.29, 0.717) is 21.9 Å². The molecule has 0 aliphatic heterocycles. The Kier molecular flexibility index (Phi) is 4.14. The molecular weight excluding hydrogens is 228 g/mol. The van der Waals surface area contributed by atoms with Crippen LogP contribution >= 0.6 is 11.8 Å². The van der Waals surface area contributed by atoms with Crippen LogP contribution in [0, 0.1) is 18.3 Å². The summed E-state index contributed by atoms with van der Waals surface area (Å²) in [4.78, 5) is 24.0. The molecule has 0 unspecified atom stereocenters. The summed E-state index contributed by atoms with van der Waals surface area (Å²) in [5.41, 5.74) is 0.716. The minimum absolute atomic E-state index is 0.00842. The summed E-state index contributed by atoms with van der Waals surface area (Å²) in [6, 6.07) is 3.34. The highest BCUT2D eigenvalue weighted by molar-refractivity contribution is 7.99. The first-order valence-corrected chi connectivity index (χ1v) is 5.51. The fraction of sp³-hybridized carbons (Fsp3) is 0.300. The van der Waals surface area contributed by atoms with Crippen LogP contribution in [0.5, 0.6) is 0 Å². The van der Waals surface area contributed by atoms with E-state index < -0.39 is 5.97 Å². The number of nitrogens with zero attached hydrogens (tertiary/aromatic N) is 1. The molecule has 0 bridgehead atoms. The van der Waals surface area contributed by atoms with Gasteiger partial charge in [-0.15, -0.1) is 11.8 Å². The standard InChI is InChI=1S/C10H10N2O3S/c1-6-4-8(13)12-10(7(6)5-11)16-3-2-9(14)15/h4H,2-3H2,1H3,(H,12,13)(H,14,15). The number of carboxylic acid groups (broad SMARTS) is 1. The van der Waals surface area contributed by atoms with Crippen molar-refractivity contribution in [3.8, 4) is 6.07 Å². The number of H-pyrrole nitrogens is 1. The zero-order chi connectivity index (χ0) is 12.1. The molecule has 0 amide bonds. The minimum atomic E-state index is -0.902. The van der Waals surface area contributed by atoms with E-state index in [4.69, 9.17) is 10.4 Å². The second-order valence-electron chi connectivity index (χ2n) is 3.12. The van der Waals surface area contributed by atoms with Crippen molar-refractivity contribution >= 4 is 17.7 Å². The summed E-state index contributed by atoms with van der Waals surface area (Å²) < 4.78 is 0. The van der Waals surface area contributed by atoms with Crippen LogP contribution < -0.4 is 5.56 Å². The first-order chi connectivity index (χ1) is 7.54. The Hall–Kier alpha value is -1.74. The molecule has 0 fully saturated rings. The molecule has 1 heterocycles. The lowest BCUT2D eigenvalue weighted by atomic mass is 10.2. The first kappa shape index (κ1) is 12.3. The molecule has 0 aliphatic rings. The number of hydrogen-bond acceptors (Lipinski definition) is 4. The molecule has 84 valence electrons. The zero-order valence-electron chi connectivity index (χ0n) is 8.61. The zero-order valence-corrected chi connectivity index (χ0v) is 9.43. The van der Waals surface area contributed by atoms with E-state index in [-0.39, 0.29) is 12.0 Å². The lowest BCUT2D eigenvalue weighted by Gasteiger charge is -2.04. The first-order valence-electron chi connectivity index (χ1n) is 4.53. The molecule has 0 saturated carbocycles. The third kappa shape index (κ3) is 3.14. The predicted octanol–water partition coefficient (Wildman–Crippen LogP) is 1.12. The number of aromatic amines is 1. The van der Waals surface area contributed by atoms with Crippen LogP contribution in [0.1, 0.15) is 17.5 Å². The summed E-state index contributed by atoms with van der Waals surface area (Å²) in [5, 5.41) is 17.8. The van der Waals surface area contributed by atoms with E-state index in [2.05, 4.69) is 4.98 Å². The molecule has 0 saturated heterocycles. The van der Waals surface area contributed by atoms with E-state index in [9.17, 15) is 9.59 Å². The number of nitrogens with one attached hydrogen (secondary N) is 1. The maximum atomic E-state index is 11.2. The SMILES string of the molecule is Cc1cc(=O)[nH]c(SCCC(=O)O)c1C#N. The minimum Gasteiger partial charge on any atom is -0.481 e. The Morgan fingerprint density at radius 2 is 2.38 bits per heavy atom. The highest BCUT2D eigenvalue weighted by atomic mass is 32.2. The smallest absolute Gasteiger partial charge is 0.304 e. The van der Waals surface area contributed by atoms with Crippen LogP contribution in [0.3, 0.4) is 0 Å². The topological polar surface area (TPSA) is 93.9 Å². The molecule has 0 aliphatic carbocycles. The van der Waals surface area contributed by atoms with Gasteiger partial charge in [0.2, 0.25) is 5.56 Å². The number of aromatic nitrogens is 1. The molecule has 0 radical (unpaired) electrons. The number of aliphatic carboxylic acids is 1. The largest absolute Gasteiger partial charge is 0.481 e. The van der Waals surface area contributed by atoms with E-state index in [1.807, 2.05) is 6.07 Å². The van der Waals surface area contributed by atoms with Crippen LogP contribution in [0.15, 0.2) is 15.9 Å². The molecule has 1 aromatic heterocycles. The van der Waals surface area contributed by atoms with E-state index in [1.165, 1.54) is 17.8 Å². The number of carbonyl (C=O) groups is 1. The highest BCUT2D eigenvalue weighted by Crippen LogP contribution is 2.21. The Morgan fingerprint density at radius 3 is 2.94 bits per heavy atom. The summed E-state index contributed by atoms with van der Waals surface area (Å²) in [6.07, 6.45) is -0.00842. The van der Waals surface area contributed by atoms with Crippen molar-refractivity contribution in [3.05, 3.63) is 27.5 Å². The maximum absolute atomic E-state index is 11.2. The van der Waals surface area contributed by atoms with Gasteiger partial charge in [-0.25, -0.2) is 0 Å². The molecule has 6 heteroatoms. The van der Waals surface area contributed by atoms with Gasteiger partial charge in [0, 0.05) is 11.8 Å². The van der Waals surface area contributed by atoms with Crippen molar-refractivity contribution in [1.29, 1.82) is 5.26 Å². The van der Waals surface area contributed by atoms with Crippen LogP contribution in [-0.4, -0.2) is 21.8 Å². The highest BCUT2D eigenvalue weighted by Gasteiger charge is 2.08. The number of carboxylic acids is 1. The fourth-order valence-electron chi connectivity index (χ4n) is 1.15. The van der Waals surface area contributed by atoms with Gasteiger partial charge in [-0.3, -0.25) is 9.59 Å². The van der Waals surface area contributed by atoms with Gasteiger partial charge in [-0.2, -0.15) is 5.26 Å². The second-order valence-corrected chi connectivity index (χ2v) is 4.23. The molecule has 1 rings (SSSR count). The number of aryl methyl sites for hydroxylation is 1.